The number of hydrogen-bond acceptors (Lipinski definition) is 13. The van der Waals surface area contributed by atoms with Crippen LogP contribution >= 0.6 is 11.3 Å². The Morgan fingerprint density at radius 2 is 2.18 bits per heavy atom. The minimum Gasteiger partial charge on any atom is -0.389 e. The van der Waals surface area contributed by atoms with E-state index >= 15 is 0 Å². The van der Waals surface area contributed by atoms with Crippen molar-refractivity contribution in [3.05, 3.63) is 32.9 Å². The summed E-state index contributed by atoms with van der Waals surface area (Å²) in [7, 11) is 3.98. The van der Waals surface area contributed by atoms with Crippen molar-refractivity contribution in [3.8, 4) is 17.6 Å². The maximum atomic E-state index is 10.6. The minimum atomic E-state index is -1.00. The van der Waals surface area contributed by atoms with Crippen LogP contribution in [0.15, 0.2) is 4.52 Å². The van der Waals surface area contributed by atoms with Gasteiger partial charge in [0.2, 0.25) is 0 Å². The number of thiophene rings is 1. The molecule has 6 rings (SSSR count). The molecule has 44 heavy (non-hydrogen) atoms. The zero-order valence-electron chi connectivity index (χ0n) is 26.0. The average Bonchev–Trinajstić information content (AvgIpc) is 3.69. The number of aromatic nitrogens is 3. The van der Waals surface area contributed by atoms with E-state index < -0.39 is 11.0 Å². The Morgan fingerprint density at radius 3 is 2.86 bits per heavy atom. The predicted octanol–water partition coefficient (Wildman–Crippen LogP) is 3.90. The molecule has 3 unspecified atom stereocenters. The molecule has 3 aromatic heterocycles. The highest BCUT2D eigenvalue weighted by molar-refractivity contribution is 7.16. The van der Waals surface area contributed by atoms with Gasteiger partial charge < -0.3 is 40.6 Å². The molecule has 1 fully saturated rings. The van der Waals surface area contributed by atoms with Crippen molar-refractivity contribution in [2.75, 3.05) is 49.7 Å². The van der Waals surface area contributed by atoms with Crippen LogP contribution in [0.2, 0.25) is 0 Å². The van der Waals surface area contributed by atoms with Gasteiger partial charge in [0.05, 0.1) is 40.9 Å². The molecule has 0 saturated carbocycles. The quantitative estimate of drug-likeness (QED) is 0.269. The SMILES string of the molecule is CC(Nc1nc(-c2noc3c2COCC32CCCc3sc(N)c(C#N)c32)nc(N(C)CC(C)(C)O)c1C=N)C1CCCN1C. The first-order valence-corrected chi connectivity index (χ1v) is 16.0. The fourth-order valence-corrected chi connectivity index (χ4v) is 8.52. The fraction of sp³-hybridized carbons (Fsp3) is 0.581. The number of nitrogens with one attached hydrogen (secondary N) is 2. The van der Waals surface area contributed by atoms with Crippen molar-refractivity contribution in [1.29, 1.82) is 10.7 Å². The Balaban J connectivity index is 1.48. The molecule has 1 spiro atoms. The van der Waals surface area contributed by atoms with Crippen molar-refractivity contribution in [2.45, 2.75) is 82.6 Å². The molecular formula is C31H41N9O3S. The van der Waals surface area contributed by atoms with E-state index in [1.165, 1.54) is 17.6 Å². The van der Waals surface area contributed by atoms with Gasteiger partial charge in [0.15, 0.2) is 17.3 Å². The molecular weight excluding hydrogens is 578 g/mol. The number of nitrogens with two attached hydrogens (primary N) is 1. The molecule has 0 amide bonds. The third kappa shape index (κ3) is 5.13. The summed E-state index contributed by atoms with van der Waals surface area (Å²) in [6, 6.07) is 2.71. The van der Waals surface area contributed by atoms with Crippen LogP contribution in [0.5, 0.6) is 0 Å². The molecule has 2 aliphatic heterocycles. The van der Waals surface area contributed by atoms with Crippen LogP contribution in [-0.2, 0) is 23.2 Å². The van der Waals surface area contributed by atoms with E-state index in [0.29, 0.717) is 57.7 Å². The monoisotopic (exact) mass is 619 g/mol. The molecule has 234 valence electrons. The van der Waals surface area contributed by atoms with E-state index in [1.54, 1.807) is 13.8 Å². The summed E-state index contributed by atoms with van der Waals surface area (Å²) in [4.78, 5) is 15.2. The molecule has 12 nitrogen and oxygen atoms in total. The molecule has 3 atom stereocenters. The highest BCUT2D eigenvalue weighted by Gasteiger charge is 2.50. The number of likely N-dealkylation sites (tertiary alicyclic amines) is 1. The Morgan fingerprint density at radius 1 is 1.39 bits per heavy atom. The molecule has 3 aliphatic rings. The van der Waals surface area contributed by atoms with Gasteiger partial charge in [0.1, 0.15) is 22.7 Å². The fourth-order valence-electron chi connectivity index (χ4n) is 7.36. The van der Waals surface area contributed by atoms with Gasteiger partial charge in [-0.3, -0.25) is 0 Å². The van der Waals surface area contributed by atoms with Crippen molar-refractivity contribution in [3.63, 3.8) is 0 Å². The summed E-state index contributed by atoms with van der Waals surface area (Å²) >= 11 is 1.47. The second-order valence-electron chi connectivity index (χ2n) is 13.1. The largest absolute Gasteiger partial charge is 0.389 e. The van der Waals surface area contributed by atoms with Gasteiger partial charge >= 0.3 is 0 Å². The van der Waals surface area contributed by atoms with Gasteiger partial charge in [-0.15, -0.1) is 11.3 Å². The van der Waals surface area contributed by atoms with Gasteiger partial charge in [-0.2, -0.15) is 5.26 Å². The van der Waals surface area contributed by atoms with E-state index in [2.05, 4.69) is 35.4 Å². The lowest BCUT2D eigenvalue weighted by Crippen LogP contribution is -2.40. The second-order valence-corrected chi connectivity index (χ2v) is 14.2. The molecule has 5 N–H and O–H groups in total. The number of fused-ring (bicyclic) bond motifs is 4. The Bertz CT molecular complexity index is 1620. The van der Waals surface area contributed by atoms with Crippen molar-refractivity contribution < 1.29 is 14.4 Å². The topological polar surface area (TPSA) is 173 Å². The molecule has 0 bridgehead atoms. The molecule has 0 radical (unpaired) electrons. The van der Waals surface area contributed by atoms with Gasteiger partial charge in [0.25, 0.3) is 0 Å². The Hall–Kier alpha value is -3.57. The van der Waals surface area contributed by atoms with Crippen LogP contribution < -0.4 is 16.0 Å². The van der Waals surface area contributed by atoms with Crippen LogP contribution in [-0.4, -0.2) is 82.8 Å². The lowest BCUT2D eigenvalue weighted by molar-refractivity contribution is 0.0459. The molecule has 1 saturated heterocycles. The van der Waals surface area contributed by atoms with E-state index in [0.717, 1.165) is 54.7 Å². The standard InChI is InChI=1S/C31H41N9O3S/c1-17(21-8-7-11-39(21)4)35-27-19(13-33)29(40(5)15-30(2,3)41)37-28(36-27)24-20-14-42-16-31(25(20)43-38-24)10-6-9-22-23(31)18(12-32)26(34)44-22/h13,17,21,33,41H,6-11,14-16,34H2,1-5H3,(H,35,36,37). The zero-order chi connectivity index (χ0) is 31.4. The lowest BCUT2D eigenvalue weighted by atomic mass is 9.68. The third-order valence-electron chi connectivity index (χ3n) is 9.21. The van der Waals surface area contributed by atoms with Crippen LogP contribution in [0.4, 0.5) is 16.6 Å². The number of likely N-dealkylation sites (N-methyl/N-ethyl adjacent to an activating group) is 2. The summed E-state index contributed by atoms with van der Waals surface area (Å²) in [6.45, 7) is 7.58. The number of nitrogens with zero attached hydrogens (tertiary/aromatic N) is 6. The molecule has 13 heteroatoms. The number of hydrogen-bond donors (Lipinski definition) is 4. The van der Waals surface area contributed by atoms with Gasteiger partial charge in [-0.05, 0) is 66.5 Å². The van der Waals surface area contributed by atoms with Gasteiger partial charge in [0, 0.05) is 42.3 Å². The van der Waals surface area contributed by atoms with E-state index in [-0.39, 0.29) is 19.2 Å². The predicted molar refractivity (Wildman–Crippen MR) is 171 cm³/mol. The second kappa shape index (κ2) is 11.4. The van der Waals surface area contributed by atoms with Crippen molar-refractivity contribution in [2.24, 2.45) is 0 Å². The third-order valence-corrected chi connectivity index (χ3v) is 10.3. The zero-order valence-corrected chi connectivity index (χ0v) is 26.8. The number of nitriles is 1. The first kappa shape index (κ1) is 30.5. The van der Waals surface area contributed by atoms with Crippen LogP contribution in [0.3, 0.4) is 0 Å². The number of aliphatic hydroxyl groups is 1. The highest BCUT2D eigenvalue weighted by atomic mass is 32.1. The maximum absolute atomic E-state index is 10.6. The summed E-state index contributed by atoms with van der Waals surface area (Å²) in [6.07, 6.45) is 5.99. The summed E-state index contributed by atoms with van der Waals surface area (Å²) in [5.74, 6) is 2.04. The first-order chi connectivity index (χ1) is 21.0. The number of anilines is 3. The van der Waals surface area contributed by atoms with E-state index in [4.69, 9.17) is 30.4 Å². The lowest BCUT2D eigenvalue weighted by Gasteiger charge is -2.38. The number of aryl methyl sites for hydroxylation is 1. The van der Waals surface area contributed by atoms with Crippen LogP contribution in [0.25, 0.3) is 11.5 Å². The summed E-state index contributed by atoms with van der Waals surface area (Å²) in [5, 5.41) is 37.7. The minimum absolute atomic E-state index is 0.0586. The Kier molecular flexibility index (Phi) is 7.90. The van der Waals surface area contributed by atoms with Crippen LogP contribution in [0, 0.1) is 16.7 Å². The van der Waals surface area contributed by atoms with E-state index in [9.17, 15) is 10.4 Å². The van der Waals surface area contributed by atoms with Gasteiger partial charge in [-0.25, -0.2) is 9.97 Å². The summed E-state index contributed by atoms with van der Waals surface area (Å²) < 4.78 is 12.4. The normalized spacial score (nSPS) is 22.3. The number of rotatable bonds is 8. The highest BCUT2D eigenvalue weighted by Crippen LogP contribution is 2.52. The Labute approximate surface area is 261 Å². The van der Waals surface area contributed by atoms with Crippen LogP contribution in [0.1, 0.15) is 79.3 Å². The number of ether oxygens (including phenoxy) is 1. The number of nitrogen functional groups attached to an aromatic ring is 1. The molecule has 0 aromatic carbocycles. The van der Waals surface area contributed by atoms with Crippen molar-refractivity contribution >= 4 is 34.2 Å². The smallest absolute Gasteiger partial charge is 0.186 e. The summed E-state index contributed by atoms with van der Waals surface area (Å²) in [5.41, 5.74) is 7.79. The maximum Gasteiger partial charge on any atom is 0.186 e. The first-order valence-electron chi connectivity index (χ1n) is 15.2. The van der Waals surface area contributed by atoms with Gasteiger partial charge in [-0.1, -0.05) is 5.16 Å². The van der Waals surface area contributed by atoms with E-state index in [1.807, 2.05) is 11.9 Å². The molecule has 3 aromatic rings. The molecule has 5 heterocycles. The average molecular weight is 620 g/mol. The van der Waals surface area contributed by atoms with Crippen molar-refractivity contribution in [1.82, 2.24) is 20.0 Å². The molecule has 1 aliphatic carbocycles.